The summed E-state index contributed by atoms with van der Waals surface area (Å²) in [7, 11) is 0. The lowest BCUT2D eigenvalue weighted by Crippen LogP contribution is -2.49. The minimum absolute atomic E-state index is 0.0526. The van der Waals surface area contributed by atoms with Gasteiger partial charge in [-0.05, 0) is 32.1 Å². The first kappa shape index (κ1) is 16.5. The van der Waals surface area contributed by atoms with Crippen LogP contribution < -0.4 is 10.6 Å². The monoisotopic (exact) mass is 284 g/mol. The average Bonchev–Trinajstić information content (AvgIpc) is 2.39. The Balaban J connectivity index is 2.37. The summed E-state index contributed by atoms with van der Waals surface area (Å²) in [6, 6.07) is -0.543. The van der Waals surface area contributed by atoms with Gasteiger partial charge in [-0.25, -0.2) is 4.79 Å². The lowest BCUT2D eigenvalue weighted by molar-refractivity contribution is -0.142. The molecule has 0 unspecified atom stereocenters. The summed E-state index contributed by atoms with van der Waals surface area (Å²) < 4.78 is 0. The Bertz CT molecular complexity index is 385. The van der Waals surface area contributed by atoms with Crippen molar-refractivity contribution in [2.75, 3.05) is 0 Å². The van der Waals surface area contributed by atoms with E-state index in [1.807, 2.05) is 6.92 Å². The number of hydrogen-bond donors (Lipinski definition) is 3. The van der Waals surface area contributed by atoms with Crippen LogP contribution in [0.5, 0.6) is 0 Å². The van der Waals surface area contributed by atoms with Crippen LogP contribution >= 0.6 is 0 Å². The average molecular weight is 284 g/mol. The molecule has 0 aromatic carbocycles. The highest BCUT2D eigenvalue weighted by Gasteiger charge is 2.29. The molecule has 1 fully saturated rings. The molecule has 3 N–H and O–H groups in total. The van der Waals surface area contributed by atoms with Crippen molar-refractivity contribution in [2.45, 2.75) is 58.9 Å². The Kier molecular flexibility index (Phi) is 5.53. The molecule has 0 heterocycles. The number of aliphatic carboxylic acids is 1. The number of imide groups is 1. The van der Waals surface area contributed by atoms with Crippen molar-refractivity contribution >= 4 is 17.9 Å². The van der Waals surface area contributed by atoms with Gasteiger partial charge >= 0.3 is 12.0 Å². The third-order valence-corrected chi connectivity index (χ3v) is 4.14. The van der Waals surface area contributed by atoms with Crippen LogP contribution in [0, 0.1) is 11.3 Å². The molecule has 1 saturated carbocycles. The van der Waals surface area contributed by atoms with Crippen LogP contribution in [-0.4, -0.2) is 29.1 Å². The fourth-order valence-corrected chi connectivity index (χ4v) is 2.14. The second-order valence-electron chi connectivity index (χ2n) is 6.05. The van der Waals surface area contributed by atoms with Gasteiger partial charge in [-0.1, -0.05) is 20.8 Å². The first-order chi connectivity index (χ1) is 9.26. The number of carboxylic acid groups (broad SMARTS) is 1. The fourth-order valence-electron chi connectivity index (χ4n) is 2.14. The number of amides is 3. The van der Waals surface area contributed by atoms with E-state index in [1.165, 1.54) is 0 Å². The first-order valence-electron chi connectivity index (χ1n) is 7.11. The van der Waals surface area contributed by atoms with Crippen LogP contribution in [0.2, 0.25) is 0 Å². The maximum atomic E-state index is 11.8. The molecule has 1 aliphatic carbocycles. The molecule has 6 heteroatoms. The lowest BCUT2D eigenvalue weighted by Gasteiger charge is -2.27. The van der Waals surface area contributed by atoms with Gasteiger partial charge in [0.25, 0.3) is 0 Å². The van der Waals surface area contributed by atoms with Gasteiger partial charge in [0.1, 0.15) is 0 Å². The number of rotatable bonds is 4. The molecule has 20 heavy (non-hydrogen) atoms. The van der Waals surface area contributed by atoms with Gasteiger partial charge in [0.15, 0.2) is 0 Å². The molecule has 0 radical (unpaired) electrons. The summed E-state index contributed by atoms with van der Waals surface area (Å²) in [5.41, 5.74) is -0.571. The van der Waals surface area contributed by atoms with E-state index in [2.05, 4.69) is 10.6 Å². The summed E-state index contributed by atoms with van der Waals surface area (Å²) >= 11 is 0. The molecule has 0 aromatic rings. The maximum Gasteiger partial charge on any atom is 0.321 e. The van der Waals surface area contributed by atoms with E-state index in [4.69, 9.17) is 5.11 Å². The highest BCUT2D eigenvalue weighted by molar-refractivity contribution is 5.97. The summed E-state index contributed by atoms with van der Waals surface area (Å²) in [5, 5.41) is 14.0. The molecular weight excluding hydrogens is 260 g/mol. The summed E-state index contributed by atoms with van der Waals surface area (Å²) in [4.78, 5) is 34.4. The molecule has 0 aromatic heterocycles. The van der Waals surface area contributed by atoms with E-state index in [9.17, 15) is 14.4 Å². The third-order valence-electron chi connectivity index (χ3n) is 4.14. The summed E-state index contributed by atoms with van der Waals surface area (Å²) in [6.45, 7) is 5.46. The predicted octanol–water partition coefficient (Wildman–Crippen LogP) is 1.89. The molecule has 1 rings (SSSR count). The number of urea groups is 1. The minimum atomic E-state index is -0.771. The number of hydrogen-bond acceptors (Lipinski definition) is 3. The van der Waals surface area contributed by atoms with Gasteiger partial charge in [-0.3, -0.25) is 14.9 Å². The lowest BCUT2D eigenvalue weighted by atomic mass is 9.86. The standard InChI is InChI=1S/C14H24N2O4/c1-4-14(2,3)12(19)16-13(20)15-10-7-5-9(6-8-10)11(17)18/h9-10H,4-8H2,1-3H3,(H,17,18)(H2,15,16,19,20). The molecule has 6 nitrogen and oxygen atoms in total. The minimum Gasteiger partial charge on any atom is -0.481 e. The zero-order valence-electron chi connectivity index (χ0n) is 12.4. The van der Waals surface area contributed by atoms with E-state index in [-0.39, 0.29) is 17.9 Å². The smallest absolute Gasteiger partial charge is 0.321 e. The Hall–Kier alpha value is -1.59. The molecule has 0 saturated heterocycles. The topological polar surface area (TPSA) is 95.5 Å². The highest BCUT2D eigenvalue weighted by atomic mass is 16.4. The van der Waals surface area contributed by atoms with E-state index in [0.717, 1.165) is 0 Å². The number of nitrogens with one attached hydrogen (secondary N) is 2. The van der Waals surface area contributed by atoms with Crippen molar-refractivity contribution in [3.8, 4) is 0 Å². The van der Waals surface area contributed by atoms with Crippen LogP contribution in [-0.2, 0) is 9.59 Å². The number of carbonyl (C=O) groups is 3. The largest absolute Gasteiger partial charge is 0.481 e. The van der Waals surface area contributed by atoms with Gasteiger partial charge < -0.3 is 10.4 Å². The van der Waals surface area contributed by atoms with Gasteiger partial charge in [-0.2, -0.15) is 0 Å². The molecule has 0 spiro atoms. The zero-order chi connectivity index (χ0) is 15.3. The van der Waals surface area contributed by atoms with Crippen molar-refractivity contribution in [1.29, 1.82) is 0 Å². The Labute approximate surface area is 119 Å². The maximum absolute atomic E-state index is 11.8. The molecule has 3 amide bonds. The summed E-state index contributed by atoms with van der Waals surface area (Å²) in [6.07, 6.45) is 3.05. The quantitative estimate of drug-likeness (QED) is 0.734. The van der Waals surface area contributed by atoms with Crippen molar-refractivity contribution in [2.24, 2.45) is 11.3 Å². The first-order valence-corrected chi connectivity index (χ1v) is 7.11. The molecular formula is C14H24N2O4. The van der Waals surface area contributed by atoms with Crippen LogP contribution in [0.4, 0.5) is 4.79 Å². The van der Waals surface area contributed by atoms with Crippen LogP contribution in [0.3, 0.4) is 0 Å². The van der Waals surface area contributed by atoms with E-state index in [1.54, 1.807) is 13.8 Å². The van der Waals surface area contributed by atoms with Crippen molar-refractivity contribution in [3.63, 3.8) is 0 Å². The second kappa shape index (κ2) is 6.72. The van der Waals surface area contributed by atoms with Crippen LogP contribution in [0.15, 0.2) is 0 Å². The number of carboxylic acids is 1. The zero-order valence-corrected chi connectivity index (χ0v) is 12.4. The van der Waals surface area contributed by atoms with Crippen LogP contribution in [0.1, 0.15) is 52.9 Å². The van der Waals surface area contributed by atoms with Gasteiger partial charge in [0, 0.05) is 11.5 Å². The highest BCUT2D eigenvalue weighted by Crippen LogP contribution is 2.24. The van der Waals surface area contributed by atoms with Crippen LogP contribution in [0.25, 0.3) is 0 Å². The normalized spacial score (nSPS) is 22.9. The third kappa shape index (κ3) is 4.51. The summed E-state index contributed by atoms with van der Waals surface area (Å²) in [5.74, 6) is -1.37. The van der Waals surface area contributed by atoms with E-state index < -0.39 is 17.4 Å². The molecule has 0 atom stereocenters. The number of carbonyl (C=O) groups excluding carboxylic acids is 2. The molecule has 1 aliphatic rings. The molecule has 114 valence electrons. The van der Waals surface area contributed by atoms with E-state index >= 15 is 0 Å². The van der Waals surface area contributed by atoms with Gasteiger partial charge in [0.2, 0.25) is 5.91 Å². The Morgan fingerprint density at radius 1 is 1.15 bits per heavy atom. The fraction of sp³-hybridized carbons (Fsp3) is 0.786. The van der Waals surface area contributed by atoms with Gasteiger partial charge in [-0.15, -0.1) is 0 Å². The van der Waals surface area contributed by atoms with Crippen molar-refractivity contribution in [3.05, 3.63) is 0 Å². The van der Waals surface area contributed by atoms with Crippen molar-refractivity contribution < 1.29 is 19.5 Å². The SMILES string of the molecule is CCC(C)(C)C(=O)NC(=O)NC1CCC(C(=O)O)CC1. The molecule has 0 bridgehead atoms. The van der Waals surface area contributed by atoms with Gasteiger partial charge in [0.05, 0.1) is 5.92 Å². The van der Waals surface area contributed by atoms with E-state index in [0.29, 0.717) is 32.1 Å². The second-order valence-corrected chi connectivity index (χ2v) is 6.05. The van der Waals surface area contributed by atoms with Crippen molar-refractivity contribution in [1.82, 2.24) is 10.6 Å². The predicted molar refractivity (Wildman–Crippen MR) is 74.1 cm³/mol. The molecule has 0 aliphatic heterocycles. The Morgan fingerprint density at radius 3 is 2.15 bits per heavy atom. The Morgan fingerprint density at radius 2 is 1.70 bits per heavy atom.